The first-order valence-corrected chi connectivity index (χ1v) is 13.7. The number of benzene rings is 2. The van der Waals surface area contributed by atoms with Crippen molar-refractivity contribution in [1.82, 2.24) is 15.0 Å². The van der Waals surface area contributed by atoms with E-state index < -0.39 is 0 Å². The average Bonchev–Trinajstić information content (AvgIpc) is 3.39. The fourth-order valence-corrected chi connectivity index (χ4v) is 5.41. The van der Waals surface area contributed by atoms with Gasteiger partial charge in [0.15, 0.2) is 0 Å². The van der Waals surface area contributed by atoms with Crippen molar-refractivity contribution in [3.8, 4) is 17.0 Å². The predicted octanol–water partition coefficient (Wildman–Crippen LogP) is 4.70. The molecule has 2 aromatic carbocycles. The molecule has 1 unspecified atom stereocenters. The Bertz CT molecular complexity index is 1190. The van der Waals surface area contributed by atoms with E-state index in [1.165, 1.54) is 6.42 Å². The molecule has 2 saturated heterocycles. The lowest BCUT2D eigenvalue weighted by molar-refractivity contribution is 0.0320. The number of rotatable bonds is 9. The lowest BCUT2D eigenvalue weighted by Crippen LogP contribution is -2.43. The first kappa shape index (κ1) is 26.3. The smallest absolute Gasteiger partial charge is 0.257 e. The van der Waals surface area contributed by atoms with Gasteiger partial charge in [-0.2, -0.15) is 0 Å². The van der Waals surface area contributed by atoms with Crippen LogP contribution in [0.2, 0.25) is 0 Å². The summed E-state index contributed by atoms with van der Waals surface area (Å²) in [7, 11) is 1.60. The van der Waals surface area contributed by atoms with E-state index in [2.05, 4.69) is 21.9 Å². The van der Waals surface area contributed by atoms with Crippen LogP contribution in [-0.4, -0.2) is 80.0 Å². The number of ether oxygens (including phenoxy) is 2. The molecule has 0 radical (unpaired) electrons. The number of anilines is 1. The van der Waals surface area contributed by atoms with Crippen LogP contribution in [-0.2, 0) is 11.3 Å². The zero-order chi connectivity index (χ0) is 26.3. The molecule has 0 N–H and O–H groups in total. The SMILES string of the molecule is COc1ccccc1C(=O)N(CCN1CCOCC1)Cc1c(-c2ccccc2)noc1N1CCCCC1C. The van der Waals surface area contributed by atoms with Crippen molar-refractivity contribution >= 4 is 11.8 Å². The third-order valence-corrected chi connectivity index (χ3v) is 7.64. The van der Waals surface area contributed by atoms with Crippen LogP contribution < -0.4 is 9.64 Å². The number of methoxy groups -OCH3 is 1. The lowest BCUT2D eigenvalue weighted by atomic mass is 10.0. The van der Waals surface area contributed by atoms with Gasteiger partial charge in [0.25, 0.3) is 5.91 Å². The van der Waals surface area contributed by atoms with Gasteiger partial charge >= 0.3 is 0 Å². The van der Waals surface area contributed by atoms with Crippen LogP contribution in [0.15, 0.2) is 59.1 Å². The molecule has 3 heterocycles. The van der Waals surface area contributed by atoms with Crippen molar-refractivity contribution in [2.75, 3.05) is 57.9 Å². The largest absolute Gasteiger partial charge is 0.496 e. The molecule has 38 heavy (non-hydrogen) atoms. The van der Waals surface area contributed by atoms with Gasteiger partial charge in [0, 0.05) is 44.3 Å². The molecule has 5 rings (SSSR count). The van der Waals surface area contributed by atoms with E-state index in [-0.39, 0.29) is 5.91 Å². The maximum atomic E-state index is 14.1. The fourth-order valence-electron chi connectivity index (χ4n) is 5.41. The Kier molecular flexibility index (Phi) is 8.61. The highest BCUT2D eigenvalue weighted by molar-refractivity contribution is 5.97. The molecule has 2 aliphatic heterocycles. The molecule has 1 aromatic heterocycles. The Morgan fingerprint density at radius 2 is 1.82 bits per heavy atom. The Hall–Kier alpha value is -3.36. The van der Waals surface area contributed by atoms with Crippen molar-refractivity contribution in [3.05, 3.63) is 65.7 Å². The molecule has 2 fully saturated rings. The van der Waals surface area contributed by atoms with Gasteiger partial charge < -0.3 is 23.8 Å². The first-order chi connectivity index (χ1) is 18.7. The molecule has 0 bridgehead atoms. The lowest BCUT2D eigenvalue weighted by Gasteiger charge is -2.34. The zero-order valence-electron chi connectivity index (χ0n) is 22.5. The summed E-state index contributed by atoms with van der Waals surface area (Å²) in [5, 5.41) is 4.56. The maximum Gasteiger partial charge on any atom is 0.257 e. The van der Waals surface area contributed by atoms with Gasteiger partial charge in [0.2, 0.25) is 5.88 Å². The number of carbonyl (C=O) groups excluding carboxylic acids is 1. The Morgan fingerprint density at radius 1 is 1.05 bits per heavy atom. The number of para-hydroxylation sites is 1. The topological polar surface area (TPSA) is 71.3 Å². The minimum Gasteiger partial charge on any atom is -0.496 e. The van der Waals surface area contributed by atoms with Crippen LogP contribution in [0.5, 0.6) is 5.75 Å². The molecular weight excluding hydrogens is 480 g/mol. The second-order valence-corrected chi connectivity index (χ2v) is 10.1. The second-order valence-electron chi connectivity index (χ2n) is 10.1. The van der Waals surface area contributed by atoms with Crippen LogP contribution in [0, 0.1) is 0 Å². The van der Waals surface area contributed by atoms with Crippen molar-refractivity contribution in [1.29, 1.82) is 0 Å². The molecule has 0 spiro atoms. The number of nitrogens with zero attached hydrogens (tertiary/aromatic N) is 4. The molecule has 1 amide bonds. The van der Waals surface area contributed by atoms with Crippen LogP contribution in [0.3, 0.4) is 0 Å². The minimum absolute atomic E-state index is 0.0615. The van der Waals surface area contributed by atoms with Gasteiger partial charge in [0.05, 0.1) is 38.0 Å². The third kappa shape index (κ3) is 5.87. The van der Waals surface area contributed by atoms with Crippen molar-refractivity contribution < 1.29 is 18.8 Å². The van der Waals surface area contributed by atoms with E-state index in [4.69, 9.17) is 14.0 Å². The molecule has 1 atom stereocenters. The minimum atomic E-state index is -0.0615. The van der Waals surface area contributed by atoms with Crippen LogP contribution in [0.25, 0.3) is 11.3 Å². The van der Waals surface area contributed by atoms with E-state index in [1.807, 2.05) is 59.5 Å². The highest BCUT2D eigenvalue weighted by atomic mass is 16.5. The standard InChI is InChI=1S/C30H38N4O4/c1-23-10-8-9-15-34(23)30-26(28(31-38-30)24-11-4-3-5-12-24)22-33(17-16-32-18-20-37-21-19-32)29(35)25-13-6-7-14-27(25)36-2/h3-7,11-14,23H,8-10,15-22H2,1-2H3. The van der Waals surface area contributed by atoms with E-state index in [0.717, 1.165) is 74.9 Å². The molecule has 3 aromatic rings. The summed E-state index contributed by atoms with van der Waals surface area (Å²) in [5.74, 6) is 1.29. The summed E-state index contributed by atoms with van der Waals surface area (Å²) in [4.78, 5) is 20.7. The Balaban J connectivity index is 1.51. The van der Waals surface area contributed by atoms with Gasteiger partial charge in [-0.25, -0.2) is 0 Å². The number of hydrogen-bond donors (Lipinski definition) is 0. The summed E-state index contributed by atoms with van der Waals surface area (Å²) in [6.45, 7) is 8.09. The van der Waals surface area contributed by atoms with Gasteiger partial charge in [-0.05, 0) is 38.3 Å². The number of carbonyl (C=O) groups is 1. The Labute approximate surface area is 225 Å². The molecule has 0 aliphatic carbocycles. The molecule has 0 saturated carbocycles. The summed E-state index contributed by atoms with van der Waals surface area (Å²) < 4.78 is 17.2. The molecular formula is C30H38N4O4. The molecule has 8 heteroatoms. The monoisotopic (exact) mass is 518 g/mol. The van der Waals surface area contributed by atoms with Gasteiger partial charge in [-0.1, -0.05) is 47.6 Å². The van der Waals surface area contributed by atoms with Crippen LogP contribution in [0.1, 0.15) is 42.1 Å². The third-order valence-electron chi connectivity index (χ3n) is 7.64. The van der Waals surface area contributed by atoms with Crippen LogP contribution in [0.4, 0.5) is 5.88 Å². The molecule has 202 valence electrons. The van der Waals surface area contributed by atoms with Crippen molar-refractivity contribution in [2.24, 2.45) is 0 Å². The van der Waals surface area contributed by atoms with Crippen LogP contribution >= 0.6 is 0 Å². The summed E-state index contributed by atoms with van der Waals surface area (Å²) in [6, 6.07) is 17.9. The van der Waals surface area contributed by atoms with Gasteiger partial charge in [-0.15, -0.1) is 0 Å². The quantitative estimate of drug-likeness (QED) is 0.407. The normalized spacial score (nSPS) is 18.4. The van der Waals surface area contributed by atoms with Gasteiger partial charge in [0.1, 0.15) is 11.4 Å². The number of hydrogen-bond acceptors (Lipinski definition) is 7. The summed E-state index contributed by atoms with van der Waals surface area (Å²) in [5.41, 5.74) is 3.29. The maximum absolute atomic E-state index is 14.1. The molecule has 2 aliphatic rings. The van der Waals surface area contributed by atoms with Crippen molar-refractivity contribution in [2.45, 2.75) is 38.8 Å². The second kappa shape index (κ2) is 12.5. The Morgan fingerprint density at radius 3 is 2.58 bits per heavy atom. The van der Waals surface area contributed by atoms with Crippen molar-refractivity contribution in [3.63, 3.8) is 0 Å². The van der Waals surface area contributed by atoms with E-state index >= 15 is 0 Å². The summed E-state index contributed by atoms with van der Waals surface area (Å²) >= 11 is 0. The fraction of sp³-hybridized carbons (Fsp3) is 0.467. The number of aromatic nitrogens is 1. The predicted molar refractivity (Wildman–Crippen MR) is 148 cm³/mol. The average molecular weight is 519 g/mol. The van der Waals surface area contributed by atoms with E-state index in [9.17, 15) is 4.79 Å². The molecule has 8 nitrogen and oxygen atoms in total. The first-order valence-electron chi connectivity index (χ1n) is 13.7. The highest BCUT2D eigenvalue weighted by Crippen LogP contribution is 2.36. The summed E-state index contributed by atoms with van der Waals surface area (Å²) in [6.07, 6.45) is 3.44. The highest BCUT2D eigenvalue weighted by Gasteiger charge is 2.30. The zero-order valence-corrected chi connectivity index (χ0v) is 22.5. The number of morpholine rings is 1. The van der Waals surface area contributed by atoms with E-state index in [1.54, 1.807) is 7.11 Å². The van der Waals surface area contributed by atoms with Gasteiger partial charge in [-0.3, -0.25) is 9.69 Å². The van der Waals surface area contributed by atoms with E-state index in [0.29, 0.717) is 30.4 Å². The number of piperidine rings is 1. The number of amides is 1.